The van der Waals surface area contributed by atoms with Crippen LogP contribution in [0.25, 0.3) is 4.91 Å². The summed E-state index contributed by atoms with van der Waals surface area (Å²) in [5.41, 5.74) is 2.20. The Kier molecular flexibility index (Phi) is 7.05. The van der Waals surface area contributed by atoms with E-state index in [1.54, 1.807) is 24.3 Å². The van der Waals surface area contributed by atoms with E-state index < -0.39 is 0 Å². The normalized spacial score (nSPS) is 13.1. The molecule has 0 unspecified atom stereocenters. The maximum atomic E-state index is 12.8. The lowest BCUT2D eigenvalue weighted by Crippen LogP contribution is -2.26. The van der Waals surface area contributed by atoms with Crippen molar-refractivity contribution in [2.24, 2.45) is 0 Å². The number of aromatic nitrogens is 1. The molecule has 0 aliphatic carbocycles. The van der Waals surface area contributed by atoms with Gasteiger partial charge < -0.3 is 15.3 Å². The third kappa shape index (κ3) is 5.27. The van der Waals surface area contributed by atoms with E-state index in [2.05, 4.69) is 10.3 Å². The van der Waals surface area contributed by atoms with Crippen molar-refractivity contribution in [3.8, 4) is 5.75 Å². The molecule has 0 radical (unpaired) electrons. The highest BCUT2D eigenvalue weighted by Crippen LogP contribution is 2.35. The Morgan fingerprint density at radius 3 is 2.75 bits per heavy atom. The summed E-state index contributed by atoms with van der Waals surface area (Å²) in [5.74, 6) is 0.476. The number of hydrogen-bond acceptors (Lipinski definition) is 5. The van der Waals surface area contributed by atoms with Gasteiger partial charge in [0.2, 0.25) is 0 Å². The molecule has 0 saturated heterocycles. The summed E-state index contributed by atoms with van der Waals surface area (Å²) in [4.78, 5) is 19.9. The fourth-order valence-electron chi connectivity index (χ4n) is 3.16. The van der Waals surface area contributed by atoms with E-state index in [0.29, 0.717) is 29.4 Å². The molecule has 0 spiro atoms. The van der Waals surface area contributed by atoms with Gasteiger partial charge in [-0.25, -0.2) is 4.98 Å². The second-order valence-corrected chi connectivity index (χ2v) is 8.74. The fraction of sp³-hybridized carbons (Fsp3) is 0.0833. The molecule has 8 heteroatoms. The van der Waals surface area contributed by atoms with E-state index in [0.717, 1.165) is 16.0 Å². The maximum absolute atomic E-state index is 12.8. The standard InChI is InChI=1S/C24H19Cl2N3O2S/c25-20-7-2-1-4-16(20)8-9-27-24(31)19-13-23(28-14-21(19)26)29-10-11-32-22(15-29)17-5-3-6-18(30)12-17/h1-7,10-15,30H,8-9H2,(H,27,31). The molecule has 0 atom stereocenters. The maximum Gasteiger partial charge on any atom is 0.253 e. The molecule has 5 nitrogen and oxygen atoms in total. The van der Waals surface area contributed by atoms with Crippen LogP contribution in [0.15, 0.2) is 78.6 Å². The molecule has 1 amide bonds. The number of hydrogen-bond donors (Lipinski definition) is 2. The largest absolute Gasteiger partial charge is 0.508 e. The van der Waals surface area contributed by atoms with Gasteiger partial charge in [-0.1, -0.05) is 65.3 Å². The van der Waals surface area contributed by atoms with Crippen LogP contribution in [0.5, 0.6) is 5.75 Å². The van der Waals surface area contributed by atoms with Crippen molar-refractivity contribution >= 4 is 51.6 Å². The molecule has 0 bridgehead atoms. The molecule has 3 aromatic rings. The second-order valence-electron chi connectivity index (χ2n) is 6.97. The topological polar surface area (TPSA) is 65.5 Å². The van der Waals surface area contributed by atoms with E-state index in [-0.39, 0.29) is 16.7 Å². The number of halogens is 2. The van der Waals surface area contributed by atoms with Gasteiger partial charge >= 0.3 is 0 Å². The molecule has 2 N–H and O–H groups in total. The van der Waals surface area contributed by atoms with Gasteiger partial charge in [-0.15, -0.1) is 0 Å². The molecule has 2 aromatic carbocycles. The molecule has 162 valence electrons. The Labute approximate surface area is 200 Å². The first-order valence-corrected chi connectivity index (χ1v) is 11.4. The zero-order chi connectivity index (χ0) is 22.5. The first-order valence-electron chi connectivity index (χ1n) is 9.81. The van der Waals surface area contributed by atoms with Gasteiger partial charge in [0, 0.05) is 35.1 Å². The van der Waals surface area contributed by atoms with Gasteiger partial charge in [0.15, 0.2) is 0 Å². The Morgan fingerprint density at radius 2 is 1.94 bits per heavy atom. The fourth-order valence-corrected chi connectivity index (χ4v) is 4.36. The van der Waals surface area contributed by atoms with Gasteiger partial charge in [-0.05, 0) is 47.2 Å². The van der Waals surface area contributed by atoms with Crippen LogP contribution in [0.2, 0.25) is 10.0 Å². The summed E-state index contributed by atoms with van der Waals surface area (Å²) in [6, 6.07) is 16.2. The van der Waals surface area contributed by atoms with Gasteiger partial charge in [-0.3, -0.25) is 4.79 Å². The number of anilines is 1. The second kappa shape index (κ2) is 10.1. The number of pyridine rings is 1. The molecule has 2 heterocycles. The number of rotatable bonds is 6. The number of aromatic hydroxyl groups is 1. The number of nitrogens with one attached hydrogen (secondary N) is 1. The summed E-state index contributed by atoms with van der Waals surface area (Å²) in [5, 5.41) is 15.5. The third-order valence-corrected chi connectivity index (χ3v) is 6.31. The molecule has 1 aliphatic rings. The highest BCUT2D eigenvalue weighted by Gasteiger charge is 2.16. The summed E-state index contributed by atoms with van der Waals surface area (Å²) in [7, 11) is 0. The van der Waals surface area contributed by atoms with Crippen molar-refractivity contribution in [3.05, 3.63) is 105 Å². The van der Waals surface area contributed by atoms with Gasteiger partial charge in [0.05, 0.1) is 10.6 Å². The first-order chi connectivity index (χ1) is 15.5. The van der Waals surface area contributed by atoms with Crippen LogP contribution < -0.4 is 10.2 Å². The summed E-state index contributed by atoms with van der Waals surface area (Å²) in [6.07, 6.45) is 5.83. The Hall–Kier alpha value is -2.93. The number of phenols is 1. The van der Waals surface area contributed by atoms with E-state index in [9.17, 15) is 9.90 Å². The minimum absolute atomic E-state index is 0.200. The van der Waals surface area contributed by atoms with Gasteiger partial charge in [-0.2, -0.15) is 0 Å². The van der Waals surface area contributed by atoms with Crippen LogP contribution in [0.1, 0.15) is 21.5 Å². The van der Waals surface area contributed by atoms with Gasteiger partial charge in [0.1, 0.15) is 11.6 Å². The minimum Gasteiger partial charge on any atom is -0.508 e. The van der Waals surface area contributed by atoms with E-state index in [1.807, 2.05) is 53.0 Å². The van der Waals surface area contributed by atoms with Crippen molar-refractivity contribution < 1.29 is 9.90 Å². The van der Waals surface area contributed by atoms with Crippen LogP contribution in [-0.2, 0) is 6.42 Å². The number of benzene rings is 2. The molecule has 0 saturated carbocycles. The van der Waals surface area contributed by atoms with Crippen molar-refractivity contribution in [2.45, 2.75) is 6.42 Å². The SMILES string of the molecule is O=C(NCCc1ccccc1Cl)c1cc(N2C=CSC(c3cccc(O)c3)=C2)ncc1Cl. The zero-order valence-electron chi connectivity index (χ0n) is 16.8. The lowest BCUT2D eigenvalue weighted by Gasteiger charge is -2.21. The molecule has 1 aliphatic heterocycles. The number of carbonyl (C=O) groups excluding carboxylic acids is 1. The summed E-state index contributed by atoms with van der Waals surface area (Å²) < 4.78 is 0. The molecule has 32 heavy (non-hydrogen) atoms. The number of thioether (sulfide) groups is 1. The van der Waals surface area contributed by atoms with E-state index >= 15 is 0 Å². The lowest BCUT2D eigenvalue weighted by molar-refractivity contribution is 0.0954. The Bertz CT molecular complexity index is 1210. The van der Waals surface area contributed by atoms with Crippen LogP contribution in [0.4, 0.5) is 5.82 Å². The lowest BCUT2D eigenvalue weighted by atomic mass is 10.1. The van der Waals surface area contributed by atoms with Gasteiger partial charge in [0.25, 0.3) is 5.91 Å². The molecular formula is C24H19Cl2N3O2S. The number of carbonyl (C=O) groups is 1. The third-order valence-electron chi connectivity index (χ3n) is 4.79. The quantitative estimate of drug-likeness (QED) is 0.443. The minimum atomic E-state index is -0.279. The highest BCUT2D eigenvalue weighted by molar-refractivity contribution is 8.11. The van der Waals surface area contributed by atoms with Crippen LogP contribution in [0.3, 0.4) is 0 Å². The Balaban J connectivity index is 1.49. The molecule has 0 fully saturated rings. The smallest absolute Gasteiger partial charge is 0.253 e. The molecule has 1 aromatic heterocycles. The average molecular weight is 484 g/mol. The highest BCUT2D eigenvalue weighted by atomic mass is 35.5. The van der Waals surface area contributed by atoms with E-state index in [4.69, 9.17) is 23.2 Å². The average Bonchev–Trinajstić information content (AvgIpc) is 2.80. The van der Waals surface area contributed by atoms with Crippen LogP contribution >= 0.6 is 35.0 Å². The predicted molar refractivity (Wildman–Crippen MR) is 132 cm³/mol. The monoisotopic (exact) mass is 483 g/mol. The molecule has 4 rings (SSSR count). The van der Waals surface area contributed by atoms with Crippen molar-refractivity contribution in [1.82, 2.24) is 10.3 Å². The summed E-state index contributed by atoms with van der Waals surface area (Å²) >= 11 is 14.0. The Morgan fingerprint density at radius 1 is 1.09 bits per heavy atom. The zero-order valence-corrected chi connectivity index (χ0v) is 19.2. The first kappa shape index (κ1) is 22.3. The predicted octanol–water partition coefficient (Wildman–Crippen LogP) is 6.09. The van der Waals surface area contributed by atoms with Crippen molar-refractivity contribution in [1.29, 1.82) is 0 Å². The molecular weight excluding hydrogens is 465 g/mol. The number of nitrogens with zero attached hydrogens (tertiary/aromatic N) is 2. The van der Waals surface area contributed by atoms with Crippen LogP contribution in [-0.4, -0.2) is 22.5 Å². The number of phenolic OH excluding ortho intramolecular Hbond substituents is 1. The van der Waals surface area contributed by atoms with Crippen molar-refractivity contribution in [3.63, 3.8) is 0 Å². The summed E-state index contributed by atoms with van der Waals surface area (Å²) in [6.45, 7) is 0.429. The van der Waals surface area contributed by atoms with Crippen LogP contribution in [0, 0.1) is 0 Å². The van der Waals surface area contributed by atoms with Crippen molar-refractivity contribution in [2.75, 3.05) is 11.4 Å². The van der Waals surface area contributed by atoms with E-state index in [1.165, 1.54) is 18.0 Å². The number of amides is 1.